The lowest BCUT2D eigenvalue weighted by Gasteiger charge is -2.31. The van der Waals surface area contributed by atoms with Gasteiger partial charge in [0.2, 0.25) is 5.91 Å². The Morgan fingerprint density at radius 3 is 2.53 bits per heavy atom. The van der Waals surface area contributed by atoms with E-state index in [1.54, 1.807) is 0 Å². The van der Waals surface area contributed by atoms with E-state index in [9.17, 15) is 4.79 Å². The molecule has 0 aromatic carbocycles. The van der Waals surface area contributed by atoms with Crippen molar-refractivity contribution in [3.8, 4) is 0 Å². The van der Waals surface area contributed by atoms with E-state index in [0.29, 0.717) is 13.0 Å². The first kappa shape index (κ1) is 12.5. The second-order valence-electron chi connectivity index (χ2n) is 4.83. The van der Waals surface area contributed by atoms with Crippen molar-refractivity contribution in [3.63, 3.8) is 0 Å². The molecule has 4 nitrogen and oxygen atoms in total. The van der Waals surface area contributed by atoms with Crippen LogP contribution >= 0.6 is 0 Å². The standard InChI is InChI=1S/C11H22N2O2/c1-3-10(2,6-7-14)13-9(15)11(8-12)4-5-11/h14H,3-8,12H2,1-2H3,(H,13,15). The molecule has 1 rings (SSSR count). The lowest BCUT2D eigenvalue weighted by molar-refractivity contribution is -0.128. The van der Waals surface area contributed by atoms with E-state index in [-0.39, 0.29) is 23.5 Å². The first-order valence-corrected chi connectivity index (χ1v) is 5.65. The molecule has 0 heterocycles. The predicted octanol–water partition coefficient (Wildman–Crippen LogP) is 0.393. The smallest absolute Gasteiger partial charge is 0.227 e. The molecule has 1 aliphatic rings. The normalized spacial score (nSPS) is 21.9. The molecule has 1 fully saturated rings. The third-order valence-electron chi connectivity index (χ3n) is 3.59. The molecule has 1 saturated carbocycles. The Labute approximate surface area is 91.2 Å². The first-order valence-electron chi connectivity index (χ1n) is 5.65. The summed E-state index contributed by atoms with van der Waals surface area (Å²) in [4.78, 5) is 11.9. The van der Waals surface area contributed by atoms with E-state index in [2.05, 4.69) is 5.32 Å². The molecule has 4 heteroatoms. The summed E-state index contributed by atoms with van der Waals surface area (Å²) in [5.41, 5.74) is 5.00. The van der Waals surface area contributed by atoms with Crippen LogP contribution in [0.5, 0.6) is 0 Å². The van der Waals surface area contributed by atoms with E-state index in [4.69, 9.17) is 10.8 Å². The minimum absolute atomic E-state index is 0.0581. The van der Waals surface area contributed by atoms with Crippen LogP contribution in [0.3, 0.4) is 0 Å². The second kappa shape index (κ2) is 4.49. The number of nitrogens with one attached hydrogen (secondary N) is 1. The summed E-state index contributed by atoms with van der Waals surface area (Å²) in [6.07, 6.45) is 3.21. The van der Waals surface area contributed by atoms with Gasteiger partial charge in [-0.15, -0.1) is 0 Å². The molecule has 4 N–H and O–H groups in total. The maximum Gasteiger partial charge on any atom is 0.227 e. The number of hydrogen-bond donors (Lipinski definition) is 3. The lowest BCUT2D eigenvalue weighted by atomic mass is 9.93. The van der Waals surface area contributed by atoms with Crippen LogP contribution in [0.1, 0.15) is 39.5 Å². The van der Waals surface area contributed by atoms with E-state index < -0.39 is 0 Å². The molecule has 0 saturated heterocycles. The highest BCUT2D eigenvalue weighted by atomic mass is 16.3. The fourth-order valence-corrected chi connectivity index (χ4v) is 1.66. The van der Waals surface area contributed by atoms with Gasteiger partial charge in [-0.2, -0.15) is 0 Å². The minimum Gasteiger partial charge on any atom is -0.396 e. The molecule has 0 aromatic rings. The molecule has 1 unspecified atom stereocenters. The highest BCUT2D eigenvalue weighted by molar-refractivity contribution is 5.86. The van der Waals surface area contributed by atoms with Crippen molar-refractivity contribution in [1.82, 2.24) is 5.32 Å². The summed E-state index contributed by atoms with van der Waals surface area (Å²) in [5, 5.41) is 12.0. The zero-order valence-corrected chi connectivity index (χ0v) is 9.68. The second-order valence-corrected chi connectivity index (χ2v) is 4.83. The molecular weight excluding hydrogens is 192 g/mol. The fraction of sp³-hybridized carbons (Fsp3) is 0.909. The van der Waals surface area contributed by atoms with Crippen molar-refractivity contribution in [2.24, 2.45) is 11.1 Å². The van der Waals surface area contributed by atoms with Gasteiger partial charge in [-0.25, -0.2) is 0 Å². The number of carbonyl (C=O) groups is 1. The van der Waals surface area contributed by atoms with Gasteiger partial charge < -0.3 is 16.2 Å². The lowest BCUT2D eigenvalue weighted by Crippen LogP contribution is -2.50. The number of rotatable bonds is 6. The number of nitrogens with two attached hydrogens (primary N) is 1. The van der Waals surface area contributed by atoms with E-state index >= 15 is 0 Å². The van der Waals surface area contributed by atoms with Crippen LogP contribution in [-0.2, 0) is 4.79 Å². The van der Waals surface area contributed by atoms with Crippen molar-refractivity contribution in [3.05, 3.63) is 0 Å². The van der Waals surface area contributed by atoms with E-state index in [0.717, 1.165) is 19.3 Å². The third kappa shape index (κ3) is 2.69. The van der Waals surface area contributed by atoms with Gasteiger partial charge in [0.1, 0.15) is 0 Å². The Morgan fingerprint density at radius 1 is 1.60 bits per heavy atom. The number of aliphatic hydroxyl groups is 1. The van der Waals surface area contributed by atoms with Gasteiger partial charge in [0.25, 0.3) is 0 Å². The van der Waals surface area contributed by atoms with Gasteiger partial charge in [0.05, 0.1) is 5.41 Å². The van der Waals surface area contributed by atoms with Gasteiger partial charge in [0.15, 0.2) is 0 Å². The van der Waals surface area contributed by atoms with Gasteiger partial charge in [-0.3, -0.25) is 4.79 Å². The average Bonchev–Trinajstić information content (AvgIpc) is 2.98. The summed E-state index contributed by atoms with van der Waals surface area (Å²) in [5.74, 6) is 0.0581. The van der Waals surface area contributed by atoms with Crippen LogP contribution < -0.4 is 11.1 Å². The van der Waals surface area contributed by atoms with Crippen LogP contribution in [-0.4, -0.2) is 29.7 Å². The summed E-state index contributed by atoms with van der Waals surface area (Å²) in [6.45, 7) is 4.50. The van der Waals surface area contributed by atoms with Gasteiger partial charge in [0, 0.05) is 18.7 Å². The van der Waals surface area contributed by atoms with Crippen molar-refractivity contribution in [2.75, 3.05) is 13.2 Å². The number of amides is 1. The van der Waals surface area contributed by atoms with Gasteiger partial charge in [-0.05, 0) is 32.6 Å². The summed E-state index contributed by atoms with van der Waals surface area (Å²) in [6, 6.07) is 0. The molecular formula is C11H22N2O2. The van der Waals surface area contributed by atoms with Crippen molar-refractivity contribution in [2.45, 2.75) is 45.1 Å². The Balaban J connectivity index is 2.55. The summed E-state index contributed by atoms with van der Waals surface area (Å²) < 4.78 is 0. The Bertz CT molecular complexity index is 239. The van der Waals surface area contributed by atoms with Gasteiger partial charge >= 0.3 is 0 Å². The Kier molecular flexibility index (Phi) is 3.73. The number of carbonyl (C=O) groups excluding carboxylic acids is 1. The molecule has 0 spiro atoms. The maximum atomic E-state index is 11.9. The fourth-order valence-electron chi connectivity index (χ4n) is 1.66. The molecule has 88 valence electrons. The van der Waals surface area contributed by atoms with E-state index in [1.165, 1.54) is 0 Å². The molecule has 0 aromatic heterocycles. The Morgan fingerprint density at radius 2 is 2.20 bits per heavy atom. The molecule has 1 aliphatic carbocycles. The first-order chi connectivity index (χ1) is 7.02. The van der Waals surface area contributed by atoms with Gasteiger partial charge in [-0.1, -0.05) is 6.92 Å². The topological polar surface area (TPSA) is 75.3 Å². The predicted molar refractivity (Wildman–Crippen MR) is 59.3 cm³/mol. The van der Waals surface area contributed by atoms with Crippen LogP contribution in [0.25, 0.3) is 0 Å². The molecule has 0 radical (unpaired) electrons. The molecule has 0 bridgehead atoms. The minimum atomic E-state index is -0.300. The summed E-state index contributed by atoms with van der Waals surface area (Å²) in [7, 11) is 0. The molecule has 15 heavy (non-hydrogen) atoms. The number of hydrogen-bond acceptors (Lipinski definition) is 3. The zero-order chi connectivity index (χ0) is 11.5. The molecule has 0 aliphatic heterocycles. The summed E-state index contributed by atoms with van der Waals surface area (Å²) >= 11 is 0. The van der Waals surface area contributed by atoms with Crippen molar-refractivity contribution >= 4 is 5.91 Å². The molecule has 1 atom stereocenters. The quantitative estimate of drug-likeness (QED) is 0.599. The largest absolute Gasteiger partial charge is 0.396 e. The van der Waals surface area contributed by atoms with Crippen LogP contribution in [0, 0.1) is 5.41 Å². The highest BCUT2D eigenvalue weighted by Gasteiger charge is 2.49. The Hall–Kier alpha value is -0.610. The molecule has 1 amide bonds. The monoisotopic (exact) mass is 214 g/mol. The van der Waals surface area contributed by atoms with Crippen LogP contribution in [0.2, 0.25) is 0 Å². The van der Waals surface area contributed by atoms with Crippen molar-refractivity contribution in [1.29, 1.82) is 0 Å². The number of aliphatic hydroxyl groups excluding tert-OH is 1. The third-order valence-corrected chi connectivity index (χ3v) is 3.59. The zero-order valence-electron chi connectivity index (χ0n) is 9.68. The van der Waals surface area contributed by atoms with Crippen LogP contribution in [0.4, 0.5) is 0 Å². The van der Waals surface area contributed by atoms with E-state index in [1.807, 2.05) is 13.8 Å². The van der Waals surface area contributed by atoms with Crippen LogP contribution in [0.15, 0.2) is 0 Å². The SMILES string of the molecule is CCC(C)(CCO)NC(=O)C1(CN)CC1. The highest BCUT2D eigenvalue weighted by Crippen LogP contribution is 2.45. The average molecular weight is 214 g/mol. The maximum absolute atomic E-state index is 11.9. The van der Waals surface area contributed by atoms with Crippen molar-refractivity contribution < 1.29 is 9.90 Å².